The van der Waals surface area contributed by atoms with Gasteiger partial charge in [-0.05, 0) is 19.8 Å². The summed E-state index contributed by atoms with van der Waals surface area (Å²) in [4.78, 5) is 22.2. The quantitative estimate of drug-likeness (QED) is 0.755. The Morgan fingerprint density at radius 3 is 2.37 bits per heavy atom. The Balaban J connectivity index is 2.70. The smallest absolute Gasteiger partial charge is 0.422 e. The summed E-state index contributed by atoms with van der Waals surface area (Å²) in [5, 5.41) is 8.93. The number of carbonyl (C=O) groups is 2. The van der Waals surface area contributed by atoms with Crippen molar-refractivity contribution < 1.29 is 27.9 Å². The first-order valence-corrected chi connectivity index (χ1v) is 7.28. The van der Waals surface area contributed by atoms with Crippen molar-refractivity contribution in [2.45, 2.75) is 26.9 Å². The van der Waals surface area contributed by atoms with E-state index >= 15 is 0 Å². The van der Waals surface area contributed by atoms with Crippen LogP contribution in [0.25, 0.3) is 0 Å². The maximum absolute atomic E-state index is 11.9. The summed E-state index contributed by atoms with van der Waals surface area (Å²) < 4.78 is 31.1. The molecule has 0 aliphatic carbocycles. The minimum atomic E-state index is -4.06. The van der Waals surface area contributed by atoms with E-state index in [0.717, 1.165) is 4.31 Å². The molecule has 19 heavy (non-hydrogen) atoms. The number of nitrogens with zero attached hydrogens (tertiary/aromatic N) is 1. The molecular formula is C10H18N2O6S. The highest BCUT2D eigenvalue weighted by Gasteiger charge is 2.40. The van der Waals surface area contributed by atoms with Crippen LogP contribution in [0.3, 0.4) is 0 Å². The fourth-order valence-corrected chi connectivity index (χ4v) is 3.02. The van der Waals surface area contributed by atoms with Crippen molar-refractivity contribution in [2.24, 2.45) is 11.8 Å². The fourth-order valence-electron chi connectivity index (χ4n) is 1.85. The van der Waals surface area contributed by atoms with E-state index in [4.69, 9.17) is 5.11 Å². The monoisotopic (exact) mass is 294 g/mol. The number of carbonyl (C=O) groups excluding carboxylic acids is 1. The van der Waals surface area contributed by atoms with Crippen LogP contribution >= 0.6 is 0 Å². The van der Waals surface area contributed by atoms with E-state index in [1.165, 1.54) is 0 Å². The van der Waals surface area contributed by atoms with Gasteiger partial charge < -0.3 is 9.84 Å². The average molecular weight is 294 g/mol. The van der Waals surface area contributed by atoms with E-state index in [0.29, 0.717) is 0 Å². The lowest BCUT2D eigenvalue weighted by atomic mass is 9.99. The zero-order valence-corrected chi connectivity index (χ0v) is 11.8. The zero-order valence-electron chi connectivity index (χ0n) is 11.0. The number of hydrogen-bond acceptors (Lipinski definition) is 5. The van der Waals surface area contributed by atoms with Crippen LogP contribution in [0.15, 0.2) is 0 Å². The van der Waals surface area contributed by atoms with Crippen LogP contribution in [-0.4, -0.2) is 49.1 Å². The summed E-state index contributed by atoms with van der Waals surface area (Å²) in [6.45, 7) is 4.73. The number of carboxylic acids is 1. The SMILES string of the molecule is CC(C)OC(=O)NS(=O)(=O)N1C[C@@H](C)[C@H](C(=O)O)C1. The van der Waals surface area contributed by atoms with E-state index in [-0.39, 0.29) is 19.0 Å². The van der Waals surface area contributed by atoms with Crippen molar-refractivity contribution in [3.63, 3.8) is 0 Å². The van der Waals surface area contributed by atoms with Crippen LogP contribution in [0.2, 0.25) is 0 Å². The van der Waals surface area contributed by atoms with Crippen LogP contribution in [0.1, 0.15) is 20.8 Å². The number of nitrogens with one attached hydrogen (secondary N) is 1. The average Bonchev–Trinajstić information content (AvgIpc) is 2.58. The molecule has 0 aromatic rings. The highest BCUT2D eigenvalue weighted by atomic mass is 32.2. The van der Waals surface area contributed by atoms with Crippen molar-refractivity contribution in [1.29, 1.82) is 0 Å². The lowest BCUT2D eigenvalue weighted by Gasteiger charge is -2.17. The van der Waals surface area contributed by atoms with Crippen LogP contribution in [0, 0.1) is 11.8 Å². The Labute approximate surface area is 111 Å². The Morgan fingerprint density at radius 1 is 1.37 bits per heavy atom. The summed E-state index contributed by atoms with van der Waals surface area (Å²) in [6.07, 6.45) is -1.51. The summed E-state index contributed by atoms with van der Waals surface area (Å²) in [6, 6.07) is 0. The highest BCUT2D eigenvalue weighted by Crippen LogP contribution is 2.24. The van der Waals surface area contributed by atoms with Gasteiger partial charge in [0.2, 0.25) is 0 Å². The predicted molar refractivity (Wildman–Crippen MR) is 65.5 cm³/mol. The van der Waals surface area contributed by atoms with Gasteiger partial charge >= 0.3 is 22.3 Å². The maximum atomic E-state index is 11.9. The molecule has 0 bridgehead atoms. The molecule has 0 saturated carbocycles. The number of rotatable bonds is 4. The van der Waals surface area contributed by atoms with Gasteiger partial charge in [0.15, 0.2) is 0 Å². The molecule has 9 heteroatoms. The largest absolute Gasteiger partial charge is 0.481 e. The minimum Gasteiger partial charge on any atom is -0.481 e. The zero-order chi connectivity index (χ0) is 14.8. The summed E-state index contributed by atoms with van der Waals surface area (Å²) in [5.74, 6) is -2.12. The predicted octanol–water partition coefficient (Wildman–Crippen LogP) is 0.0183. The second-order valence-corrected chi connectivity index (χ2v) is 6.47. The third-order valence-electron chi connectivity index (χ3n) is 2.79. The standard InChI is InChI=1S/C10H18N2O6S/c1-6(2)18-10(15)11-19(16,17)12-4-7(3)8(5-12)9(13)14/h6-8H,4-5H2,1-3H3,(H,11,15)(H,13,14)/t7-,8-/m1/s1. The van der Waals surface area contributed by atoms with E-state index in [1.807, 2.05) is 0 Å². The Kier molecular flexibility index (Phi) is 4.75. The molecule has 0 radical (unpaired) electrons. The summed E-state index contributed by atoms with van der Waals surface area (Å²) >= 11 is 0. The number of carboxylic acid groups (broad SMARTS) is 1. The summed E-state index contributed by atoms with van der Waals surface area (Å²) in [7, 11) is -4.06. The molecule has 2 atom stereocenters. The third kappa shape index (κ3) is 4.06. The van der Waals surface area contributed by atoms with E-state index in [9.17, 15) is 18.0 Å². The third-order valence-corrected chi connectivity index (χ3v) is 4.19. The molecule has 1 aliphatic rings. The van der Waals surface area contributed by atoms with Crippen LogP contribution < -0.4 is 4.72 Å². The Morgan fingerprint density at radius 2 is 1.95 bits per heavy atom. The van der Waals surface area contributed by atoms with Gasteiger partial charge in [0.25, 0.3) is 0 Å². The first-order chi connectivity index (χ1) is 8.63. The molecule has 1 aliphatic heterocycles. The molecule has 1 fully saturated rings. The van der Waals surface area contributed by atoms with E-state index in [1.54, 1.807) is 25.5 Å². The van der Waals surface area contributed by atoms with Gasteiger partial charge in [-0.1, -0.05) is 6.92 Å². The summed E-state index contributed by atoms with van der Waals surface area (Å²) in [5.41, 5.74) is 0. The topological polar surface area (TPSA) is 113 Å². The number of ether oxygens (including phenoxy) is 1. The second-order valence-electron chi connectivity index (χ2n) is 4.80. The molecule has 2 N–H and O–H groups in total. The second kappa shape index (κ2) is 5.74. The van der Waals surface area contributed by atoms with Crippen molar-refractivity contribution in [2.75, 3.05) is 13.1 Å². The lowest BCUT2D eigenvalue weighted by Crippen LogP contribution is -2.43. The molecule has 0 spiro atoms. The molecule has 1 saturated heterocycles. The molecule has 1 rings (SSSR count). The van der Waals surface area contributed by atoms with Crippen molar-refractivity contribution >= 4 is 22.3 Å². The van der Waals surface area contributed by atoms with Gasteiger partial charge in [-0.15, -0.1) is 0 Å². The maximum Gasteiger partial charge on any atom is 0.422 e. The molecule has 0 unspecified atom stereocenters. The van der Waals surface area contributed by atoms with Gasteiger partial charge in [0.1, 0.15) is 0 Å². The number of amides is 1. The van der Waals surface area contributed by atoms with Crippen LogP contribution in [-0.2, 0) is 19.7 Å². The molecule has 1 heterocycles. The first-order valence-electron chi connectivity index (χ1n) is 5.84. The van der Waals surface area contributed by atoms with Gasteiger partial charge in [-0.2, -0.15) is 12.7 Å². The van der Waals surface area contributed by atoms with Gasteiger partial charge in [-0.25, -0.2) is 9.52 Å². The molecule has 110 valence electrons. The van der Waals surface area contributed by atoms with Gasteiger partial charge in [-0.3, -0.25) is 4.79 Å². The van der Waals surface area contributed by atoms with Crippen LogP contribution in [0.4, 0.5) is 4.79 Å². The fraction of sp³-hybridized carbons (Fsp3) is 0.800. The Bertz CT molecular complexity index is 461. The minimum absolute atomic E-state index is 0.0568. The van der Waals surface area contributed by atoms with E-state index < -0.39 is 34.3 Å². The molecule has 0 aromatic carbocycles. The first kappa shape index (κ1) is 15.7. The van der Waals surface area contributed by atoms with Crippen LogP contribution in [0.5, 0.6) is 0 Å². The van der Waals surface area contributed by atoms with Crippen molar-refractivity contribution in [3.8, 4) is 0 Å². The van der Waals surface area contributed by atoms with Gasteiger partial charge in [0, 0.05) is 13.1 Å². The highest BCUT2D eigenvalue weighted by molar-refractivity contribution is 7.87. The van der Waals surface area contributed by atoms with Gasteiger partial charge in [0.05, 0.1) is 12.0 Å². The molecule has 1 amide bonds. The van der Waals surface area contributed by atoms with E-state index in [2.05, 4.69) is 4.74 Å². The van der Waals surface area contributed by atoms with Crippen molar-refractivity contribution in [1.82, 2.24) is 9.03 Å². The number of aliphatic carboxylic acids is 1. The Hall–Kier alpha value is -1.35. The number of hydrogen-bond donors (Lipinski definition) is 2. The molecular weight excluding hydrogens is 276 g/mol. The lowest BCUT2D eigenvalue weighted by molar-refractivity contribution is -0.142. The molecule has 8 nitrogen and oxygen atoms in total. The normalized spacial score (nSPS) is 24.4. The molecule has 0 aromatic heterocycles. The van der Waals surface area contributed by atoms with Crippen molar-refractivity contribution in [3.05, 3.63) is 0 Å².